The third-order valence-electron chi connectivity index (χ3n) is 3.16. The maximum Gasteiger partial charge on any atom is 0.325 e. The van der Waals surface area contributed by atoms with Crippen LogP contribution >= 0.6 is 0 Å². The van der Waals surface area contributed by atoms with Gasteiger partial charge in [0.05, 0.1) is 6.61 Å². The summed E-state index contributed by atoms with van der Waals surface area (Å²) in [5.41, 5.74) is 0. The third-order valence-corrected chi connectivity index (χ3v) is 3.16. The monoisotopic (exact) mass is 343 g/mol. The Kier molecular flexibility index (Phi) is 12.2. The van der Waals surface area contributed by atoms with E-state index in [0.29, 0.717) is 32.4 Å². The lowest BCUT2D eigenvalue weighted by atomic mass is 10.1. The number of rotatable bonds is 12. The van der Waals surface area contributed by atoms with E-state index in [1.807, 2.05) is 6.92 Å². The van der Waals surface area contributed by atoms with Crippen molar-refractivity contribution in [3.63, 3.8) is 0 Å². The highest BCUT2D eigenvalue weighted by molar-refractivity contribution is 5.89. The first-order chi connectivity index (χ1) is 11.4. The van der Waals surface area contributed by atoms with E-state index >= 15 is 0 Å². The molecule has 0 fully saturated rings. The van der Waals surface area contributed by atoms with Crippen molar-refractivity contribution in [1.29, 1.82) is 0 Å². The average molecular weight is 343 g/mol. The topological polar surface area (TPSA) is 114 Å². The van der Waals surface area contributed by atoms with Crippen LogP contribution in [0.15, 0.2) is 0 Å². The molecule has 1 unspecified atom stereocenters. The first kappa shape index (κ1) is 21.9. The fraction of sp³-hybridized carbons (Fsp3) is 0.750. The molecule has 3 amide bonds. The predicted molar refractivity (Wildman–Crippen MR) is 89.0 cm³/mol. The number of carbonyl (C=O) groups is 4. The van der Waals surface area contributed by atoms with E-state index in [-0.39, 0.29) is 18.4 Å². The summed E-state index contributed by atoms with van der Waals surface area (Å²) in [4.78, 5) is 45.5. The van der Waals surface area contributed by atoms with Crippen LogP contribution in [0.3, 0.4) is 0 Å². The number of ether oxygens (including phenoxy) is 1. The van der Waals surface area contributed by atoms with Gasteiger partial charge in [-0.3, -0.25) is 19.2 Å². The van der Waals surface area contributed by atoms with E-state index in [1.165, 1.54) is 13.8 Å². The number of hydrogen-bond acceptors (Lipinski definition) is 5. The molecule has 0 aliphatic heterocycles. The van der Waals surface area contributed by atoms with E-state index in [2.05, 4.69) is 16.0 Å². The summed E-state index contributed by atoms with van der Waals surface area (Å²) in [7, 11) is 0. The van der Waals surface area contributed by atoms with Crippen molar-refractivity contribution < 1.29 is 23.9 Å². The number of amides is 3. The molecule has 0 aromatic carbocycles. The van der Waals surface area contributed by atoms with Crippen LogP contribution in [0, 0.1) is 0 Å². The minimum Gasteiger partial charge on any atom is -0.464 e. The Morgan fingerprint density at radius 3 is 2.25 bits per heavy atom. The van der Waals surface area contributed by atoms with Crippen LogP contribution in [0.5, 0.6) is 0 Å². The van der Waals surface area contributed by atoms with Gasteiger partial charge in [-0.1, -0.05) is 13.3 Å². The van der Waals surface area contributed by atoms with E-state index in [0.717, 1.165) is 12.8 Å². The molecule has 1 atom stereocenters. The van der Waals surface area contributed by atoms with E-state index < -0.39 is 17.9 Å². The zero-order valence-corrected chi connectivity index (χ0v) is 14.8. The lowest BCUT2D eigenvalue weighted by Crippen LogP contribution is -2.47. The van der Waals surface area contributed by atoms with Crippen LogP contribution in [-0.2, 0) is 23.9 Å². The van der Waals surface area contributed by atoms with E-state index in [1.54, 1.807) is 0 Å². The van der Waals surface area contributed by atoms with Gasteiger partial charge in [0, 0.05) is 20.4 Å². The molecule has 0 rings (SSSR count). The molecule has 0 spiro atoms. The van der Waals surface area contributed by atoms with Gasteiger partial charge >= 0.3 is 5.97 Å². The third kappa shape index (κ3) is 12.4. The molecule has 0 bridgehead atoms. The second-order valence-electron chi connectivity index (χ2n) is 5.52. The van der Waals surface area contributed by atoms with Crippen molar-refractivity contribution >= 4 is 23.7 Å². The zero-order chi connectivity index (χ0) is 18.4. The van der Waals surface area contributed by atoms with Crippen molar-refractivity contribution in [1.82, 2.24) is 16.0 Å². The number of nitrogens with one attached hydrogen (secondary N) is 3. The van der Waals surface area contributed by atoms with Crippen molar-refractivity contribution in [2.75, 3.05) is 19.7 Å². The van der Waals surface area contributed by atoms with E-state index in [4.69, 9.17) is 4.74 Å². The summed E-state index contributed by atoms with van der Waals surface area (Å²) in [6.07, 6.45) is 3.47. The lowest BCUT2D eigenvalue weighted by molar-refractivity contribution is -0.144. The molecular weight excluding hydrogens is 314 g/mol. The number of carbonyl (C=O) groups excluding carboxylic acids is 4. The second kappa shape index (κ2) is 13.3. The summed E-state index contributed by atoms with van der Waals surface area (Å²) >= 11 is 0. The van der Waals surface area contributed by atoms with Crippen molar-refractivity contribution in [2.45, 2.75) is 58.9 Å². The van der Waals surface area contributed by atoms with Gasteiger partial charge in [0.2, 0.25) is 17.7 Å². The molecule has 0 saturated heterocycles. The molecule has 8 nitrogen and oxygen atoms in total. The van der Waals surface area contributed by atoms with Gasteiger partial charge in [-0.2, -0.15) is 0 Å². The summed E-state index contributed by atoms with van der Waals surface area (Å²) in [5, 5.41) is 7.71. The number of hydrogen-bond donors (Lipinski definition) is 3. The molecule has 3 N–H and O–H groups in total. The largest absolute Gasteiger partial charge is 0.464 e. The maximum absolute atomic E-state index is 12.1. The molecule has 8 heteroatoms. The van der Waals surface area contributed by atoms with Crippen LogP contribution in [0.1, 0.15) is 52.9 Å². The average Bonchev–Trinajstić information content (AvgIpc) is 2.50. The van der Waals surface area contributed by atoms with E-state index in [9.17, 15) is 19.2 Å². The summed E-state index contributed by atoms with van der Waals surface area (Å²) in [6.45, 7) is 5.39. The summed E-state index contributed by atoms with van der Waals surface area (Å²) in [5.74, 6) is -1.34. The van der Waals surface area contributed by atoms with Crippen molar-refractivity contribution in [2.24, 2.45) is 0 Å². The zero-order valence-electron chi connectivity index (χ0n) is 14.8. The Morgan fingerprint density at radius 1 is 0.958 bits per heavy atom. The Balaban J connectivity index is 4.17. The fourth-order valence-electron chi connectivity index (χ4n) is 1.92. The predicted octanol–water partition coefficient (Wildman–Crippen LogP) is 0.257. The minimum atomic E-state index is -0.705. The first-order valence-corrected chi connectivity index (χ1v) is 8.31. The van der Waals surface area contributed by atoms with Gasteiger partial charge in [0.15, 0.2) is 0 Å². The van der Waals surface area contributed by atoms with Crippen LogP contribution < -0.4 is 16.0 Å². The quantitative estimate of drug-likeness (QED) is 0.347. The van der Waals surface area contributed by atoms with Crippen LogP contribution in [0.2, 0.25) is 0 Å². The number of unbranched alkanes of at least 4 members (excludes halogenated alkanes) is 2. The van der Waals surface area contributed by atoms with Gasteiger partial charge in [-0.15, -0.1) is 0 Å². The standard InChI is InChI=1S/C16H29N3O5/c1-4-5-10-24-15(22)11-18-16(23)14(19-13(3)21)8-6-7-9-17-12(2)20/h14H,4-11H2,1-3H3,(H,17,20)(H,18,23)(H,19,21). The highest BCUT2D eigenvalue weighted by Gasteiger charge is 2.19. The molecule has 0 saturated carbocycles. The highest BCUT2D eigenvalue weighted by atomic mass is 16.5. The lowest BCUT2D eigenvalue weighted by Gasteiger charge is -2.17. The molecule has 0 aromatic rings. The first-order valence-electron chi connectivity index (χ1n) is 8.31. The molecule has 0 aliphatic rings. The minimum absolute atomic E-state index is 0.104. The van der Waals surface area contributed by atoms with Crippen molar-refractivity contribution in [3.8, 4) is 0 Å². The normalized spacial score (nSPS) is 11.3. The number of esters is 1. The Bertz CT molecular complexity index is 426. The summed E-state index contributed by atoms with van der Waals surface area (Å²) in [6, 6.07) is -0.705. The molecule has 0 aliphatic carbocycles. The van der Waals surface area contributed by atoms with Gasteiger partial charge < -0.3 is 20.7 Å². The van der Waals surface area contributed by atoms with Crippen LogP contribution in [0.25, 0.3) is 0 Å². The van der Waals surface area contributed by atoms with Crippen LogP contribution in [-0.4, -0.2) is 49.4 Å². The molecule has 24 heavy (non-hydrogen) atoms. The molecule has 0 heterocycles. The maximum atomic E-state index is 12.1. The molecule has 138 valence electrons. The van der Waals surface area contributed by atoms with Gasteiger partial charge in [0.1, 0.15) is 12.6 Å². The fourth-order valence-corrected chi connectivity index (χ4v) is 1.92. The van der Waals surface area contributed by atoms with Gasteiger partial charge in [0.25, 0.3) is 0 Å². The Labute approximate surface area is 143 Å². The molecule has 0 radical (unpaired) electrons. The molecular formula is C16H29N3O5. The highest BCUT2D eigenvalue weighted by Crippen LogP contribution is 2.01. The molecule has 0 aromatic heterocycles. The van der Waals surface area contributed by atoms with Gasteiger partial charge in [-0.05, 0) is 25.7 Å². The summed E-state index contributed by atoms with van der Waals surface area (Å²) < 4.78 is 4.95. The smallest absolute Gasteiger partial charge is 0.325 e. The second-order valence-corrected chi connectivity index (χ2v) is 5.52. The van der Waals surface area contributed by atoms with Gasteiger partial charge in [-0.25, -0.2) is 0 Å². The van der Waals surface area contributed by atoms with Crippen molar-refractivity contribution in [3.05, 3.63) is 0 Å². The van der Waals surface area contributed by atoms with Crippen LogP contribution in [0.4, 0.5) is 0 Å². The Hall–Kier alpha value is -2.12. The SMILES string of the molecule is CCCCOC(=O)CNC(=O)C(CCCCNC(C)=O)NC(C)=O. The Morgan fingerprint density at radius 2 is 1.67 bits per heavy atom.